The summed E-state index contributed by atoms with van der Waals surface area (Å²) in [7, 11) is 2.03. The molecule has 0 aromatic heterocycles. The van der Waals surface area contributed by atoms with E-state index in [-0.39, 0.29) is 6.04 Å². The van der Waals surface area contributed by atoms with Crippen LogP contribution in [0.25, 0.3) is 0 Å². The minimum atomic E-state index is 0.0404. The van der Waals surface area contributed by atoms with Crippen LogP contribution < -0.4 is 0 Å². The molecule has 0 N–H and O–H groups in total. The predicted molar refractivity (Wildman–Crippen MR) is 55.9 cm³/mol. The van der Waals surface area contributed by atoms with Crippen molar-refractivity contribution >= 4 is 0 Å². The summed E-state index contributed by atoms with van der Waals surface area (Å²) < 4.78 is 0. The Morgan fingerprint density at radius 1 is 1.36 bits per heavy atom. The third-order valence-corrected chi connectivity index (χ3v) is 2.95. The fourth-order valence-electron chi connectivity index (χ4n) is 1.96. The fourth-order valence-corrected chi connectivity index (χ4v) is 1.96. The van der Waals surface area contributed by atoms with Crippen molar-refractivity contribution in [3.63, 3.8) is 0 Å². The number of rotatable bonds is 0. The monoisotopic (exact) mass is 186 g/mol. The number of nitriles is 1. The van der Waals surface area contributed by atoms with E-state index >= 15 is 0 Å². The summed E-state index contributed by atoms with van der Waals surface area (Å²) in [6.45, 7) is 0.981. The SMILES string of the molecule is CN1CCc2ccccc2CC1C#N. The van der Waals surface area contributed by atoms with Crippen LogP contribution in [-0.4, -0.2) is 24.5 Å². The lowest BCUT2D eigenvalue weighted by atomic mass is 10.0. The predicted octanol–water partition coefficient (Wildman–Crippen LogP) is 1.61. The molecule has 0 spiro atoms. The number of nitrogens with zero attached hydrogens (tertiary/aromatic N) is 2. The van der Waals surface area contributed by atoms with Crippen molar-refractivity contribution in [3.05, 3.63) is 35.4 Å². The first-order valence-corrected chi connectivity index (χ1v) is 4.98. The Labute approximate surface area is 84.8 Å². The Bertz CT molecular complexity index is 365. The molecule has 0 saturated carbocycles. The van der Waals surface area contributed by atoms with Gasteiger partial charge in [0.1, 0.15) is 6.04 Å². The molecule has 1 heterocycles. The van der Waals surface area contributed by atoms with Crippen molar-refractivity contribution in [1.82, 2.24) is 4.90 Å². The van der Waals surface area contributed by atoms with Gasteiger partial charge in [0.25, 0.3) is 0 Å². The largest absolute Gasteiger partial charge is 0.291 e. The van der Waals surface area contributed by atoms with Crippen LogP contribution in [-0.2, 0) is 12.8 Å². The van der Waals surface area contributed by atoms with Gasteiger partial charge < -0.3 is 0 Å². The molecule has 0 saturated heterocycles. The van der Waals surface area contributed by atoms with Crippen molar-refractivity contribution in [2.45, 2.75) is 18.9 Å². The molecule has 0 aliphatic carbocycles. The summed E-state index contributed by atoms with van der Waals surface area (Å²) >= 11 is 0. The molecule has 72 valence electrons. The highest BCUT2D eigenvalue weighted by atomic mass is 15.1. The summed E-state index contributed by atoms with van der Waals surface area (Å²) in [4.78, 5) is 2.14. The summed E-state index contributed by atoms with van der Waals surface area (Å²) in [5.41, 5.74) is 2.74. The maximum Gasteiger partial charge on any atom is 0.102 e. The standard InChI is InChI=1S/C12H14N2/c1-14-7-6-10-4-2-3-5-11(10)8-12(14)9-13/h2-5,12H,6-8H2,1H3. The Morgan fingerprint density at radius 3 is 2.79 bits per heavy atom. The van der Waals surface area contributed by atoms with E-state index in [9.17, 15) is 0 Å². The molecule has 14 heavy (non-hydrogen) atoms. The Kier molecular flexibility index (Phi) is 2.51. The van der Waals surface area contributed by atoms with Crippen LogP contribution in [0.1, 0.15) is 11.1 Å². The van der Waals surface area contributed by atoms with Gasteiger partial charge in [-0.25, -0.2) is 0 Å². The third-order valence-electron chi connectivity index (χ3n) is 2.95. The highest BCUT2D eigenvalue weighted by molar-refractivity contribution is 5.30. The zero-order valence-electron chi connectivity index (χ0n) is 8.40. The van der Waals surface area contributed by atoms with Gasteiger partial charge in [0, 0.05) is 13.0 Å². The molecule has 1 atom stereocenters. The maximum atomic E-state index is 9.02. The summed E-state index contributed by atoms with van der Waals surface area (Å²) in [6.07, 6.45) is 1.92. The van der Waals surface area contributed by atoms with E-state index < -0.39 is 0 Å². The first-order valence-electron chi connectivity index (χ1n) is 4.98. The van der Waals surface area contributed by atoms with Gasteiger partial charge in [-0.1, -0.05) is 24.3 Å². The van der Waals surface area contributed by atoms with Gasteiger partial charge in [-0.2, -0.15) is 5.26 Å². The van der Waals surface area contributed by atoms with E-state index in [2.05, 4.69) is 35.2 Å². The number of hydrogen-bond donors (Lipinski definition) is 0. The Hall–Kier alpha value is -1.33. The van der Waals surface area contributed by atoms with Gasteiger partial charge in [0.05, 0.1) is 6.07 Å². The minimum Gasteiger partial charge on any atom is -0.291 e. The Morgan fingerprint density at radius 2 is 2.07 bits per heavy atom. The first-order chi connectivity index (χ1) is 6.81. The van der Waals surface area contributed by atoms with Gasteiger partial charge >= 0.3 is 0 Å². The van der Waals surface area contributed by atoms with Crippen LogP contribution in [0.15, 0.2) is 24.3 Å². The second-order valence-corrected chi connectivity index (χ2v) is 3.85. The van der Waals surface area contributed by atoms with E-state index in [1.165, 1.54) is 11.1 Å². The lowest BCUT2D eigenvalue weighted by Gasteiger charge is -2.18. The van der Waals surface area contributed by atoms with E-state index in [0.29, 0.717) is 0 Å². The zero-order valence-corrected chi connectivity index (χ0v) is 8.40. The quantitative estimate of drug-likeness (QED) is 0.615. The van der Waals surface area contributed by atoms with Crippen molar-refractivity contribution in [2.24, 2.45) is 0 Å². The van der Waals surface area contributed by atoms with E-state index in [1.807, 2.05) is 7.05 Å². The van der Waals surface area contributed by atoms with Crippen molar-refractivity contribution in [3.8, 4) is 6.07 Å². The van der Waals surface area contributed by atoms with Gasteiger partial charge in [-0.05, 0) is 24.6 Å². The van der Waals surface area contributed by atoms with E-state index in [4.69, 9.17) is 5.26 Å². The van der Waals surface area contributed by atoms with Crippen molar-refractivity contribution in [2.75, 3.05) is 13.6 Å². The van der Waals surface area contributed by atoms with E-state index in [1.54, 1.807) is 0 Å². The molecule has 2 rings (SSSR count). The first kappa shape index (κ1) is 9.23. The molecular weight excluding hydrogens is 172 g/mol. The average Bonchev–Trinajstić information content (AvgIpc) is 2.38. The number of benzene rings is 1. The molecule has 0 bridgehead atoms. The normalized spacial score (nSPS) is 22.1. The van der Waals surface area contributed by atoms with Gasteiger partial charge in [0.15, 0.2) is 0 Å². The molecule has 1 aromatic carbocycles. The fraction of sp³-hybridized carbons (Fsp3) is 0.417. The summed E-state index contributed by atoms with van der Waals surface area (Å²) in [5.74, 6) is 0. The van der Waals surface area contributed by atoms with Crippen LogP contribution in [0.5, 0.6) is 0 Å². The second kappa shape index (κ2) is 3.81. The van der Waals surface area contributed by atoms with Gasteiger partial charge in [-0.3, -0.25) is 4.90 Å². The third kappa shape index (κ3) is 1.64. The van der Waals surface area contributed by atoms with Crippen LogP contribution in [0.4, 0.5) is 0 Å². The van der Waals surface area contributed by atoms with Crippen LogP contribution in [0.3, 0.4) is 0 Å². The number of hydrogen-bond acceptors (Lipinski definition) is 2. The topological polar surface area (TPSA) is 27.0 Å². The maximum absolute atomic E-state index is 9.02. The molecule has 0 fully saturated rings. The van der Waals surface area contributed by atoms with E-state index in [0.717, 1.165) is 19.4 Å². The molecular formula is C12H14N2. The highest BCUT2D eigenvalue weighted by Gasteiger charge is 2.19. The zero-order chi connectivity index (χ0) is 9.97. The van der Waals surface area contributed by atoms with Crippen molar-refractivity contribution in [1.29, 1.82) is 5.26 Å². The smallest absolute Gasteiger partial charge is 0.102 e. The summed E-state index contributed by atoms with van der Waals surface area (Å²) in [5, 5.41) is 9.02. The molecule has 2 heteroatoms. The Balaban J connectivity index is 2.32. The van der Waals surface area contributed by atoms with Crippen LogP contribution >= 0.6 is 0 Å². The molecule has 2 nitrogen and oxygen atoms in total. The second-order valence-electron chi connectivity index (χ2n) is 3.85. The number of fused-ring (bicyclic) bond motifs is 1. The minimum absolute atomic E-state index is 0.0404. The van der Waals surface area contributed by atoms with Crippen LogP contribution in [0.2, 0.25) is 0 Å². The lowest BCUT2D eigenvalue weighted by Crippen LogP contribution is -2.31. The van der Waals surface area contributed by atoms with Gasteiger partial charge in [0.2, 0.25) is 0 Å². The molecule has 1 unspecified atom stereocenters. The molecule has 1 aliphatic rings. The molecule has 1 aromatic rings. The highest BCUT2D eigenvalue weighted by Crippen LogP contribution is 2.18. The van der Waals surface area contributed by atoms with Crippen LogP contribution in [0, 0.1) is 11.3 Å². The molecule has 0 amide bonds. The molecule has 0 radical (unpaired) electrons. The van der Waals surface area contributed by atoms with Crippen molar-refractivity contribution < 1.29 is 0 Å². The van der Waals surface area contributed by atoms with Gasteiger partial charge in [-0.15, -0.1) is 0 Å². The average molecular weight is 186 g/mol. The number of likely N-dealkylation sites (N-methyl/N-ethyl adjacent to an activating group) is 1. The summed E-state index contributed by atoms with van der Waals surface area (Å²) in [6, 6.07) is 10.8. The molecule has 1 aliphatic heterocycles. The lowest BCUT2D eigenvalue weighted by molar-refractivity contribution is 0.298.